The normalized spacial score (nSPS) is 10.4. The topological polar surface area (TPSA) is 92.3 Å². The highest BCUT2D eigenvalue weighted by Crippen LogP contribution is 2.23. The summed E-state index contributed by atoms with van der Waals surface area (Å²) in [5, 5.41) is 19.4. The molecule has 1 rings (SSSR count). The van der Waals surface area contributed by atoms with E-state index in [9.17, 15) is 14.7 Å². The standard InChI is InChI=1S/C15H20N2O4/c1-4-5-6-12(18)13-10(2)11(9-16)14(19)17(15(13)20)7-8-21-3/h20H,4-8H2,1-3H3. The lowest BCUT2D eigenvalue weighted by atomic mass is 9.99. The molecule has 0 spiro atoms. The Balaban J connectivity index is 3.46. The van der Waals surface area contributed by atoms with E-state index in [1.807, 2.05) is 13.0 Å². The first-order valence-corrected chi connectivity index (χ1v) is 6.88. The highest BCUT2D eigenvalue weighted by Gasteiger charge is 2.23. The molecule has 21 heavy (non-hydrogen) atoms. The number of nitrogens with zero attached hydrogens (tertiary/aromatic N) is 2. The third-order valence-corrected chi connectivity index (χ3v) is 3.36. The zero-order valence-corrected chi connectivity index (χ0v) is 12.6. The summed E-state index contributed by atoms with van der Waals surface area (Å²) in [7, 11) is 1.47. The molecule has 0 atom stereocenters. The van der Waals surface area contributed by atoms with Crippen molar-refractivity contribution in [2.24, 2.45) is 0 Å². The third kappa shape index (κ3) is 3.50. The maximum Gasteiger partial charge on any atom is 0.271 e. The molecule has 0 aromatic carbocycles. The van der Waals surface area contributed by atoms with Crippen molar-refractivity contribution in [2.75, 3.05) is 13.7 Å². The van der Waals surface area contributed by atoms with Crippen molar-refractivity contribution >= 4 is 5.78 Å². The molecular formula is C15H20N2O4. The maximum absolute atomic E-state index is 12.2. The van der Waals surface area contributed by atoms with Crippen LogP contribution in [0.1, 0.15) is 47.7 Å². The second-order valence-corrected chi connectivity index (χ2v) is 4.79. The number of aromatic hydroxyl groups is 1. The lowest BCUT2D eigenvalue weighted by Crippen LogP contribution is -2.28. The summed E-state index contributed by atoms with van der Waals surface area (Å²) < 4.78 is 5.91. The Bertz CT molecular complexity index is 626. The first kappa shape index (κ1) is 16.9. The molecule has 1 aromatic rings. The van der Waals surface area contributed by atoms with Gasteiger partial charge in [-0.1, -0.05) is 13.3 Å². The van der Waals surface area contributed by atoms with Crippen LogP contribution >= 0.6 is 0 Å². The Morgan fingerprint density at radius 2 is 2.14 bits per heavy atom. The van der Waals surface area contributed by atoms with Gasteiger partial charge in [-0.2, -0.15) is 5.26 Å². The molecular weight excluding hydrogens is 272 g/mol. The second-order valence-electron chi connectivity index (χ2n) is 4.79. The van der Waals surface area contributed by atoms with Crippen LogP contribution in [0.15, 0.2) is 4.79 Å². The summed E-state index contributed by atoms with van der Waals surface area (Å²) in [6, 6.07) is 1.82. The van der Waals surface area contributed by atoms with E-state index in [-0.39, 0.29) is 47.9 Å². The number of hydrogen-bond acceptors (Lipinski definition) is 5. The highest BCUT2D eigenvalue weighted by molar-refractivity contribution is 5.99. The van der Waals surface area contributed by atoms with Gasteiger partial charge >= 0.3 is 0 Å². The predicted molar refractivity (Wildman–Crippen MR) is 77.6 cm³/mol. The van der Waals surface area contributed by atoms with Gasteiger partial charge in [0.25, 0.3) is 5.56 Å². The molecule has 114 valence electrons. The van der Waals surface area contributed by atoms with Crippen LogP contribution in [-0.2, 0) is 11.3 Å². The monoisotopic (exact) mass is 292 g/mol. The third-order valence-electron chi connectivity index (χ3n) is 3.36. The summed E-state index contributed by atoms with van der Waals surface area (Å²) in [6.07, 6.45) is 1.81. The number of hydrogen-bond donors (Lipinski definition) is 1. The van der Waals surface area contributed by atoms with Crippen LogP contribution < -0.4 is 5.56 Å². The van der Waals surface area contributed by atoms with E-state index in [4.69, 9.17) is 10.00 Å². The van der Waals surface area contributed by atoms with Crippen LogP contribution in [0.4, 0.5) is 0 Å². The Labute approximate surface area is 123 Å². The molecule has 0 saturated carbocycles. The summed E-state index contributed by atoms with van der Waals surface area (Å²) in [6.45, 7) is 3.76. The lowest BCUT2D eigenvalue weighted by Gasteiger charge is -2.15. The van der Waals surface area contributed by atoms with Crippen LogP contribution in [0.5, 0.6) is 5.88 Å². The van der Waals surface area contributed by atoms with Gasteiger partial charge in [-0.25, -0.2) is 0 Å². The summed E-state index contributed by atoms with van der Waals surface area (Å²) in [5.41, 5.74) is -0.397. The quantitative estimate of drug-likeness (QED) is 0.773. The van der Waals surface area contributed by atoms with Gasteiger partial charge in [0.2, 0.25) is 5.88 Å². The fourth-order valence-electron chi connectivity index (χ4n) is 2.14. The van der Waals surface area contributed by atoms with Gasteiger partial charge < -0.3 is 9.84 Å². The largest absolute Gasteiger partial charge is 0.494 e. The minimum Gasteiger partial charge on any atom is -0.494 e. The summed E-state index contributed by atoms with van der Waals surface area (Å²) >= 11 is 0. The number of aromatic nitrogens is 1. The SMILES string of the molecule is CCCCC(=O)c1c(C)c(C#N)c(=O)n(CCOC)c1O. The average Bonchev–Trinajstić information content (AvgIpc) is 2.45. The van der Waals surface area contributed by atoms with Crippen LogP contribution in [0.2, 0.25) is 0 Å². The van der Waals surface area contributed by atoms with Gasteiger partial charge in [0.15, 0.2) is 5.78 Å². The molecule has 0 fully saturated rings. The highest BCUT2D eigenvalue weighted by atomic mass is 16.5. The van der Waals surface area contributed by atoms with Crippen molar-refractivity contribution < 1.29 is 14.6 Å². The van der Waals surface area contributed by atoms with Gasteiger partial charge in [0.1, 0.15) is 11.6 Å². The molecule has 0 bridgehead atoms. The molecule has 1 aromatic heterocycles. The number of rotatable bonds is 7. The van der Waals surface area contributed by atoms with Gasteiger partial charge in [0.05, 0.1) is 18.7 Å². The van der Waals surface area contributed by atoms with Crippen molar-refractivity contribution in [1.29, 1.82) is 5.26 Å². The minimum atomic E-state index is -0.600. The van der Waals surface area contributed by atoms with Crippen molar-refractivity contribution in [2.45, 2.75) is 39.7 Å². The smallest absolute Gasteiger partial charge is 0.271 e. The zero-order chi connectivity index (χ0) is 16.0. The van der Waals surface area contributed by atoms with E-state index in [1.54, 1.807) is 0 Å². The van der Waals surface area contributed by atoms with Crippen LogP contribution in [0.25, 0.3) is 0 Å². The van der Waals surface area contributed by atoms with Crippen LogP contribution in [0, 0.1) is 18.3 Å². The zero-order valence-electron chi connectivity index (χ0n) is 12.6. The van der Waals surface area contributed by atoms with Crippen molar-refractivity contribution in [3.63, 3.8) is 0 Å². The van der Waals surface area contributed by atoms with Crippen LogP contribution in [-0.4, -0.2) is 29.2 Å². The second kappa shape index (κ2) is 7.60. The minimum absolute atomic E-state index is 0.0655. The van der Waals surface area contributed by atoms with E-state index >= 15 is 0 Å². The number of ether oxygens (including phenoxy) is 1. The first-order valence-electron chi connectivity index (χ1n) is 6.88. The molecule has 0 unspecified atom stereocenters. The van der Waals surface area contributed by atoms with E-state index in [0.717, 1.165) is 11.0 Å². The molecule has 0 amide bonds. The first-order chi connectivity index (χ1) is 9.99. The predicted octanol–water partition coefficient (Wildman–Crippen LogP) is 1.75. The Kier molecular flexibility index (Phi) is 6.12. The molecule has 0 aliphatic heterocycles. The summed E-state index contributed by atoms with van der Waals surface area (Å²) in [4.78, 5) is 24.4. The number of ketones is 1. The molecule has 0 radical (unpaired) electrons. The molecule has 0 aliphatic carbocycles. The number of nitriles is 1. The van der Waals surface area contributed by atoms with E-state index in [2.05, 4.69) is 0 Å². The van der Waals surface area contributed by atoms with Gasteiger partial charge in [0, 0.05) is 13.5 Å². The molecule has 1 N–H and O–H groups in total. The number of Topliss-reactive ketones (excluding diaryl/α,β-unsaturated/α-hetero) is 1. The molecule has 0 saturated heterocycles. The Hall–Kier alpha value is -2.13. The Morgan fingerprint density at radius 3 is 2.67 bits per heavy atom. The van der Waals surface area contributed by atoms with E-state index in [0.29, 0.717) is 6.42 Å². The lowest BCUT2D eigenvalue weighted by molar-refractivity contribution is 0.0974. The van der Waals surface area contributed by atoms with E-state index < -0.39 is 5.56 Å². The van der Waals surface area contributed by atoms with Gasteiger partial charge in [-0.15, -0.1) is 0 Å². The number of pyridine rings is 1. The number of carbonyl (C=O) groups excluding carboxylic acids is 1. The Morgan fingerprint density at radius 1 is 1.48 bits per heavy atom. The van der Waals surface area contributed by atoms with Crippen molar-refractivity contribution in [3.8, 4) is 11.9 Å². The van der Waals surface area contributed by atoms with Crippen molar-refractivity contribution in [1.82, 2.24) is 4.57 Å². The van der Waals surface area contributed by atoms with Crippen LogP contribution in [0.3, 0.4) is 0 Å². The average molecular weight is 292 g/mol. The maximum atomic E-state index is 12.2. The summed E-state index contributed by atoms with van der Waals surface area (Å²) in [5.74, 6) is -0.635. The van der Waals surface area contributed by atoms with E-state index in [1.165, 1.54) is 14.0 Å². The molecule has 6 nitrogen and oxygen atoms in total. The fourth-order valence-corrected chi connectivity index (χ4v) is 2.14. The van der Waals surface area contributed by atoms with Gasteiger partial charge in [-0.3, -0.25) is 14.2 Å². The van der Waals surface area contributed by atoms with Gasteiger partial charge in [-0.05, 0) is 18.9 Å². The molecule has 1 heterocycles. The van der Waals surface area contributed by atoms with Crippen molar-refractivity contribution in [3.05, 3.63) is 27.0 Å². The number of unbranched alkanes of at least 4 members (excludes halogenated alkanes) is 1. The number of carbonyl (C=O) groups is 1. The molecule has 0 aliphatic rings. The molecule has 6 heteroatoms. The number of methoxy groups -OCH3 is 1. The fraction of sp³-hybridized carbons (Fsp3) is 0.533.